The quantitative estimate of drug-likeness (QED) is 0.674. The first-order valence-corrected chi connectivity index (χ1v) is 8.86. The molecule has 0 saturated carbocycles. The molecule has 2 aromatic carbocycles. The Bertz CT molecular complexity index is 943. The Balaban J connectivity index is 1.60. The van der Waals surface area contributed by atoms with E-state index in [9.17, 15) is 9.90 Å². The van der Waals surface area contributed by atoms with Crippen LogP contribution in [0, 0.1) is 29.6 Å². The Morgan fingerprint density at radius 2 is 1.69 bits per heavy atom. The van der Waals surface area contributed by atoms with Crippen molar-refractivity contribution in [3.05, 3.63) is 71.3 Å². The number of likely N-dealkylation sites (tertiary alicyclic amines) is 1. The van der Waals surface area contributed by atoms with Crippen molar-refractivity contribution in [1.82, 2.24) is 4.90 Å². The zero-order chi connectivity index (χ0) is 17.9. The summed E-state index contributed by atoms with van der Waals surface area (Å²) >= 11 is 0. The van der Waals surface area contributed by atoms with Gasteiger partial charge in [0, 0.05) is 30.1 Å². The SMILES string of the molecule is O=C1[C@H]2[C@@H](CCC#Cc3ccccc3C#C[C@@H]2O)N1Cc1ccccc1. The maximum Gasteiger partial charge on any atom is 0.232 e. The van der Waals surface area contributed by atoms with Gasteiger partial charge in [0.15, 0.2) is 0 Å². The van der Waals surface area contributed by atoms with E-state index in [1.807, 2.05) is 59.5 Å². The Morgan fingerprint density at radius 3 is 2.46 bits per heavy atom. The van der Waals surface area contributed by atoms with Crippen molar-refractivity contribution < 1.29 is 9.90 Å². The first-order valence-electron chi connectivity index (χ1n) is 8.86. The fourth-order valence-electron chi connectivity index (χ4n) is 3.61. The van der Waals surface area contributed by atoms with E-state index >= 15 is 0 Å². The van der Waals surface area contributed by atoms with Crippen LogP contribution in [0.2, 0.25) is 0 Å². The van der Waals surface area contributed by atoms with Crippen molar-refractivity contribution >= 4 is 5.91 Å². The average Bonchev–Trinajstić information content (AvgIpc) is 2.70. The largest absolute Gasteiger partial charge is 0.379 e. The summed E-state index contributed by atoms with van der Waals surface area (Å²) in [6, 6.07) is 17.6. The number of rotatable bonds is 2. The highest BCUT2D eigenvalue weighted by Crippen LogP contribution is 2.34. The molecule has 2 aromatic rings. The molecule has 1 aliphatic carbocycles. The third-order valence-corrected chi connectivity index (χ3v) is 4.99. The smallest absolute Gasteiger partial charge is 0.232 e. The maximum atomic E-state index is 12.7. The number of hydrogen-bond donors (Lipinski definition) is 1. The van der Waals surface area contributed by atoms with Crippen LogP contribution in [0.25, 0.3) is 0 Å². The monoisotopic (exact) mass is 341 g/mol. The number of β-lactam (4-membered cyclic amide) rings is 1. The highest BCUT2D eigenvalue weighted by Gasteiger charge is 2.49. The summed E-state index contributed by atoms with van der Waals surface area (Å²) in [7, 11) is 0. The highest BCUT2D eigenvalue weighted by atomic mass is 16.3. The van der Waals surface area contributed by atoms with Crippen LogP contribution in [0.5, 0.6) is 0 Å². The fourth-order valence-corrected chi connectivity index (χ4v) is 3.61. The Morgan fingerprint density at radius 1 is 1.00 bits per heavy atom. The second-order valence-corrected chi connectivity index (χ2v) is 6.65. The molecule has 3 atom stereocenters. The predicted molar refractivity (Wildman–Crippen MR) is 99.7 cm³/mol. The highest BCUT2D eigenvalue weighted by molar-refractivity contribution is 5.87. The number of nitrogens with zero attached hydrogens (tertiary/aromatic N) is 1. The number of fused-ring (bicyclic) bond motifs is 2. The summed E-state index contributed by atoms with van der Waals surface area (Å²) in [5.74, 6) is 11.8. The maximum absolute atomic E-state index is 12.7. The van der Waals surface area contributed by atoms with Crippen LogP contribution in [0.1, 0.15) is 29.5 Å². The van der Waals surface area contributed by atoms with Gasteiger partial charge in [-0.2, -0.15) is 0 Å². The molecule has 1 fully saturated rings. The van der Waals surface area contributed by atoms with Crippen LogP contribution < -0.4 is 0 Å². The number of aliphatic hydroxyl groups excluding tert-OH is 1. The summed E-state index contributed by atoms with van der Waals surface area (Å²) in [6.07, 6.45) is 0.475. The number of carbonyl (C=O) groups excluding carboxylic acids is 1. The van der Waals surface area contributed by atoms with Gasteiger partial charge in [-0.15, -0.1) is 0 Å². The average molecular weight is 341 g/mol. The van der Waals surface area contributed by atoms with Gasteiger partial charge < -0.3 is 10.0 Å². The van der Waals surface area contributed by atoms with Crippen molar-refractivity contribution in [3.8, 4) is 23.7 Å². The van der Waals surface area contributed by atoms with Crippen LogP contribution >= 0.6 is 0 Å². The molecule has 4 rings (SSSR count). The summed E-state index contributed by atoms with van der Waals surface area (Å²) in [6.45, 7) is 0.564. The molecule has 0 unspecified atom stereocenters. The summed E-state index contributed by atoms with van der Waals surface area (Å²) in [5, 5.41) is 10.5. The van der Waals surface area contributed by atoms with Gasteiger partial charge in [0.25, 0.3) is 0 Å². The van der Waals surface area contributed by atoms with Gasteiger partial charge in [0.05, 0.1) is 5.92 Å². The molecule has 2 aliphatic rings. The van der Waals surface area contributed by atoms with Crippen molar-refractivity contribution in [2.24, 2.45) is 5.92 Å². The van der Waals surface area contributed by atoms with Crippen LogP contribution in [-0.2, 0) is 11.3 Å². The van der Waals surface area contributed by atoms with E-state index in [2.05, 4.69) is 23.7 Å². The molecule has 0 spiro atoms. The molecular weight excluding hydrogens is 322 g/mol. The van der Waals surface area contributed by atoms with Crippen molar-refractivity contribution in [2.45, 2.75) is 31.5 Å². The summed E-state index contributed by atoms with van der Waals surface area (Å²) in [4.78, 5) is 14.5. The molecule has 1 heterocycles. The Kier molecular flexibility index (Phi) is 4.48. The molecule has 0 aromatic heterocycles. The van der Waals surface area contributed by atoms with Gasteiger partial charge in [-0.05, 0) is 24.1 Å². The van der Waals surface area contributed by atoms with Crippen LogP contribution in [0.4, 0.5) is 0 Å². The first kappa shape index (κ1) is 16.5. The molecule has 0 bridgehead atoms. The summed E-state index contributed by atoms with van der Waals surface area (Å²) in [5.41, 5.74) is 2.76. The lowest BCUT2D eigenvalue weighted by molar-refractivity contribution is -0.163. The molecular formula is C23H19NO2. The van der Waals surface area contributed by atoms with Gasteiger partial charge in [-0.1, -0.05) is 66.1 Å². The lowest BCUT2D eigenvalue weighted by atomic mass is 9.80. The van der Waals surface area contributed by atoms with Gasteiger partial charge in [0.1, 0.15) is 6.10 Å². The van der Waals surface area contributed by atoms with E-state index in [-0.39, 0.29) is 11.9 Å². The zero-order valence-corrected chi connectivity index (χ0v) is 14.4. The van der Waals surface area contributed by atoms with Gasteiger partial charge in [-0.3, -0.25) is 4.79 Å². The predicted octanol–water partition coefficient (Wildman–Crippen LogP) is 2.57. The lowest BCUT2D eigenvalue weighted by Gasteiger charge is -2.48. The third-order valence-electron chi connectivity index (χ3n) is 4.99. The zero-order valence-electron chi connectivity index (χ0n) is 14.4. The standard InChI is InChI=1S/C23H19NO2/c25-21-15-14-19-12-5-4-10-18(19)11-6-7-13-20-22(21)23(26)24(20)16-17-8-2-1-3-9-17/h1-5,8-10,12,20-22,25H,7,13,16H2/t20-,21+,22+/m1/s1. The van der Waals surface area contributed by atoms with Crippen LogP contribution in [-0.4, -0.2) is 28.1 Å². The van der Waals surface area contributed by atoms with Crippen molar-refractivity contribution in [2.75, 3.05) is 0 Å². The fraction of sp³-hybridized carbons (Fsp3) is 0.261. The van der Waals surface area contributed by atoms with E-state index in [1.54, 1.807) is 0 Å². The minimum atomic E-state index is -0.953. The molecule has 3 nitrogen and oxygen atoms in total. The summed E-state index contributed by atoms with van der Waals surface area (Å²) < 4.78 is 0. The van der Waals surface area contributed by atoms with Crippen LogP contribution in [0.3, 0.4) is 0 Å². The van der Waals surface area contributed by atoms with Gasteiger partial charge in [-0.25, -0.2) is 0 Å². The number of benzene rings is 2. The van der Waals surface area contributed by atoms with Crippen molar-refractivity contribution in [1.29, 1.82) is 0 Å². The minimum Gasteiger partial charge on any atom is -0.379 e. The van der Waals surface area contributed by atoms with E-state index in [0.717, 1.165) is 23.1 Å². The van der Waals surface area contributed by atoms with Gasteiger partial charge in [0.2, 0.25) is 5.91 Å². The van der Waals surface area contributed by atoms with E-state index in [4.69, 9.17) is 0 Å². The van der Waals surface area contributed by atoms with E-state index < -0.39 is 12.0 Å². The Labute approximate surface area is 153 Å². The number of carbonyl (C=O) groups is 1. The van der Waals surface area contributed by atoms with E-state index in [0.29, 0.717) is 13.0 Å². The molecule has 1 saturated heterocycles. The first-order chi connectivity index (χ1) is 12.7. The lowest BCUT2D eigenvalue weighted by Crippen LogP contribution is -2.63. The molecule has 128 valence electrons. The number of hydrogen-bond acceptors (Lipinski definition) is 2. The third kappa shape index (κ3) is 3.10. The molecule has 1 aliphatic heterocycles. The number of amides is 1. The second kappa shape index (κ2) is 7.08. The molecule has 3 heteroatoms. The molecule has 1 amide bonds. The molecule has 26 heavy (non-hydrogen) atoms. The van der Waals surface area contributed by atoms with Gasteiger partial charge >= 0.3 is 0 Å². The second-order valence-electron chi connectivity index (χ2n) is 6.65. The topological polar surface area (TPSA) is 40.5 Å². The van der Waals surface area contributed by atoms with Crippen LogP contribution in [0.15, 0.2) is 54.6 Å². The Hall–Kier alpha value is -3.01. The normalized spacial score (nSPS) is 23.8. The van der Waals surface area contributed by atoms with Crippen molar-refractivity contribution in [3.63, 3.8) is 0 Å². The van der Waals surface area contributed by atoms with E-state index in [1.165, 1.54) is 0 Å². The molecule has 0 radical (unpaired) electrons. The minimum absolute atomic E-state index is 0.0254. The molecule has 1 N–H and O–H groups in total. The number of aliphatic hydroxyl groups is 1.